The molecule has 0 fully saturated rings. The highest BCUT2D eigenvalue weighted by atomic mass is 16.3. The van der Waals surface area contributed by atoms with Crippen LogP contribution in [-0.4, -0.2) is 30.8 Å². The molecule has 0 saturated carbocycles. The van der Waals surface area contributed by atoms with Gasteiger partial charge in [0.2, 0.25) is 0 Å². The third-order valence-electron chi connectivity index (χ3n) is 2.80. The van der Waals surface area contributed by atoms with Gasteiger partial charge >= 0.3 is 0 Å². The van der Waals surface area contributed by atoms with Crippen molar-refractivity contribution >= 4 is 5.96 Å². The minimum atomic E-state index is -0.489. The first-order valence-corrected chi connectivity index (χ1v) is 5.47. The van der Waals surface area contributed by atoms with Crippen molar-refractivity contribution < 1.29 is 5.11 Å². The van der Waals surface area contributed by atoms with E-state index < -0.39 is 5.54 Å². The maximum atomic E-state index is 9.55. The number of aliphatic imine (C=N–C) groups is 1. The van der Waals surface area contributed by atoms with Crippen LogP contribution in [0.4, 0.5) is 0 Å². The predicted octanol–water partition coefficient (Wildman–Crippen LogP) is 0.443. The number of aliphatic hydroxyl groups excluding tert-OH is 1. The Morgan fingerprint density at radius 1 is 1.44 bits per heavy atom. The topological polar surface area (TPSA) is 56.6 Å². The van der Waals surface area contributed by atoms with Gasteiger partial charge in [0.15, 0.2) is 5.96 Å². The van der Waals surface area contributed by atoms with Gasteiger partial charge in [-0.2, -0.15) is 0 Å². The van der Waals surface area contributed by atoms with Crippen LogP contribution in [-0.2, 0) is 5.54 Å². The van der Waals surface area contributed by atoms with Crippen molar-refractivity contribution in [3.05, 3.63) is 35.9 Å². The van der Waals surface area contributed by atoms with Gasteiger partial charge in [-0.25, -0.2) is 0 Å². The molecule has 1 unspecified atom stereocenters. The Bertz CT molecular complexity index is 377. The van der Waals surface area contributed by atoms with Crippen LogP contribution in [0.2, 0.25) is 0 Å². The lowest BCUT2D eigenvalue weighted by Gasteiger charge is -2.30. The van der Waals surface area contributed by atoms with Crippen LogP contribution in [0.1, 0.15) is 12.5 Å². The molecule has 4 nitrogen and oxygen atoms in total. The van der Waals surface area contributed by atoms with E-state index in [1.54, 1.807) is 0 Å². The third kappa shape index (κ3) is 2.17. The highest BCUT2D eigenvalue weighted by molar-refractivity contribution is 5.82. The van der Waals surface area contributed by atoms with Crippen LogP contribution in [0.25, 0.3) is 0 Å². The summed E-state index contributed by atoms with van der Waals surface area (Å²) in [4.78, 5) is 4.28. The fraction of sp³-hybridized carbons (Fsp3) is 0.417. The molecule has 86 valence electrons. The first-order chi connectivity index (χ1) is 7.74. The van der Waals surface area contributed by atoms with Crippen molar-refractivity contribution in [3.8, 4) is 0 Å². The second-order valence-corrected chi connectivity index (χ2v) is 4.14. The van der Waals surface area contributed by atoms with Gasteiger partial charge in [0.1, 0.15) is 0 Å². The van der Waals surface area contributed by atoms with E-state index in [0.717, 1.165) is 24.6 Å². The number of hydrogen-bond acceptors (Lipinski definition) is 4. The van der Waals surface area contributed by atoms with Crippen molar-refractivity contribution in [2.45, 2.75) is 12.5 Å². The maximum Gasteiger partial charge on any atom is 0.192 e. The molecule has 16 heavy (non-hydrogen) atoms. The molecule has 1 atom stereocenters. The van der Waals surface area contributed by atoms with Crippen LogP contribution in [0.3, 0.4) is 0 Å². The van der Waals surface area contributed by atoms with Gasteiger partial charge in [-0.05, 0) is 12.5 Å². The Balaban J connectivity index is 2.18. The molecular formula is C12H17N3O. The molecule has 1 heterocycles. The first-order valence-electron chi connectivity index (χ1n) is 5.47. The van der Waals surface area contributed by atoms with Gasteiger partial charge in [0.05, 0.1) is 18.7 Å². The van der Waals surface area contributed by atoms with Crippen LogP contribution in [0.15, 0.2) is 35.3 Å². The smallest absolute Gasteiger partial charge is 0.192 e. The molecule has 4 heteroatoms. The lowest BCUT2D eigenvalue weighted by atomic mass is 9.93. The lowest BCUT2D eigenvalue weighted by Crippen LogP contribution is -2.49. The van der Waals surface area contributed by atoms with E-state index in [0.29, 0.717) is 0 Å². The van der Waals surface area contributed by atoms with E-state index in [1.165, 1.54) is 0 Å². The Morgan fingerprint density at radius 3 is 2.75 bits per heavy atom. The highest BCUT2D eigenvalue weighted by Gasteiger charge is 2.27. The van der Waals surface area contributed by atoms with Crippen molar-refractivity contribution in [1.82, 2.24) is 10.6 Å². The molecule has 0 spiro atoms. The van der Waals surface area contributed by atoms with Gasteiger partial charge in [-0.15, -0.1) is 0 Å². The monoisotopic (exact) mass is 219 g/mol. The molecule has 1 aliphatic heterocycles. The second kappa shape index (κ2) is 4.53. The van der Waals surface area contributed by atoms with Crippen LogP contribution in [0, 0.1) is 0 Å². The van der Waals surface area contributed by atoms with E-state index in [4.69, 9.17) is 0 Å². The molecule has 3 N–H and O–H groups in total. The number of hydrogen-bond donors (Lipinski definition) is 3. The molecule has 1 aromatic rings. The average Bonchev–Trinajstić information content (AvgIpc) is 2.83. The Hall–Kier alpha value is -1.55. The number of aliphatic hydroxyl groups is 1. The van der Waals surface area contributed by atoms with Crippen molar-refractivity contribution in [2.75, 3.05) is 19.7 Å². The summed E-state index contributed by atoms with van der Waals surface area (Å²) in [6.45, 7) is 3.64. The first kappa shape index (κ1) is 11.0. The summed E-state index contributed by atoms with van der Waals surface area (Å²) in [6, 6.07) is 9.90. The normalized spacial score (nSPS) is 18.5. The fourth-order valence-electron chi connectivity index (χ4n) is 1.75. The summed E-state index contributed by atoms with van der Waals surface area (Å²) in [7, 11) is 0. The molecule has 1 aromatic carbocycles. The number of nitrogens with zero attached hydrogens (tertiary/aromatic N) is 1. The zero-order valence-electron chi connectivity index (χ0n) is 9.40. The molecule has 0 saturated heterocycles. The summed E-state index contributed by atoms with van der Waals surface area (Å²) in [5.74, 6) is 0.764. The van der Waals surface area contributed by atoms with E-state index in [9.17, 15) is 5.11 Å². The van der Waals surface area contributed by atoms with Crippen LogP contribution >= 0.6 is 0 Å². The summed E-state index contributed by atoms with van der Waals surface area (Å²) in [5.41, 5.74) is 0.561. The maximum absolute atomic E-state index is 9.55. The standard InChI is InChI=1S/C12H17N3O/c1-12(9-16,10-5-3-2-4-6-10)15-11-13-7-8-14-11/h2-6,16H,7-9H2,1H3,(H2,13,14,15). The number of benzene rings is 1. The molecule has 0 bridgehead atoms. The van der Waals surface area contributed by atoms with Crippen molar-refractivity contribution in [3.63, 3.8) is 0 Å². The molecule has 0 aromatic heterocycles. The Morgan fingerprint density at radius 2 is 2.19 bits per heavy atom. The van der Waals surface area contributed by atoms with E-state index in [2.05, 4.69) is 15.6 Å². The lowest BCUT2D eigenvalue weighted by molar-refractivity contribution is 0.193. The third-order valence-corrected chi connectivity index (χ3v) is 2.80. The Labute approximate surface area is 95.4 Å². The number of nitrogens with one attached hydrogen (secondary N) is 2. The zero-order valence-corrected chi connectivity index (χ0v) is 9.40. The van der Waals surface area contributed by atoms with Gasteiger partial charge in [0, 0.05) is 6.54 Å². The summed E-state index contributed by atoms with van der Waals surface area (Å²) in [5, 5.41) is 15.9. The van der Waals surface area contributed by atoms with Gasteiger partial charge < -0.3 is 15.7 Å². The largest absolute Gasteiger partial charge is 0.394 e. The molecule has 2 rings (SSSR count). The zero-order chi connectivity index (χ0) is 11.4. The summed E-state index contributed by atoms with van der Waals surface area (Å²) < 4.78 is 0. The quantitative estimate of drug-likeness (QED) is 0.691. The van der Waals surface area contributed by atoms with Crippen molar-refractivity contribution in [2.24, 2.45) is 4.99 Å². The fourth-order valence-corrected chi connectivity index (χ4v) is 1.75. The number of guanidine groups is 1. The van der Waals surface area contributed by atoms with Gasteiger partial charge in [-0.3, -0.25) is 4.99 Å². The minimum Gasteiger partial charge on any atom is -0.394 e. The molecular weight excluding hydrogens is 202 g/mol. The molecule has 0 radical (unpaired) electrons. The number of rotatable bonds is 3. The molecule has 0 amide bonds. The summed E-state index contributed by atoms with van der Waals surface area (Å²) >= 11 is 0. The second-order valence-electron chi connectivity index (χ2n) is 4.14. The Kier molecular flexibility index (Phi) is 3.10. The van der Waals surface area contributed by atoms with E-state index >= 15 is 0 Å². The van der Waals surface area contributed by atoms with Crippen LogP contribution < -0.4 is 10.6 Å². The van der Waals surface area contributed by atoms with Crippen LogP contribution in [0.5, 0.6) is 0 Å². The highest BCUT2D eigenvalue weighted by Crippen LogP contribution is 2.19. The minimum absolute atomic E-state index is 0.0255. The average molecular weight is 219 g/mol. The molecule has 1 aliphatic rings. The van der Waals surface area contributed by atoms with Crippen molar-refractivity contribution in [1.29, 1.82) is 0 Å². The SMILES string of the molecule is CC(CO)(NC1=NCCN1)c1ccccc1. The van der Waals surface area contributed by atoms with Gasteiger partial charge in [-0.1, -0.05) is 30.3 Å². The summed E-state index contributed by atoms with van der Waals surface area (Å²) in [6.07, 6.45) is 0. The van der Waals surface area contributed by atoms with Gasteiger partial charge in [0.25, 0.3) is 0 Å². The van der Waals surface area contributed by atoms with E-state index in [1.807, 2.05) is 37.3 Å². The predicted molar refractivity (Wildman–Crippen MR) is 64.3 cm³/mol. The molecule has 0 aliphatic carbocycles. The van der Waals surface area contributed by atoms with E-state index in [-0.39, 0.29) is 6.61 Å².